The van der Waals surface area contributed by atoms with Gasteiger partial charge in [0.25, 0.3) is 10.0 Å². The van der Waals surface area contributed by atoms with E-state index in [0.717, 1.165) is 0 Å². The SMILES string of the molecule is Cc1ccccc1S(=O)(=O)Nc1nc2ccccc2nc1N1CCN(CC(=O)NCC(C)C)CC1. The monoisotopic (exact) mass is 496 g/mol. The molecule has 1 aromatic heterocycles. The van der Waals surface area contributed by atoms with Crippen LogP contribution < -0.4 is 14.9 Å². The van der Waals surface area contributed by atoms with Crippen molar-refractivity contribution in [1.82, 2.24) is 20.2 Å². The van der Waals surface area contributed by atoms with Crippen molar-refractivity contribution in [2.75, 3.05) is 48.9 Å². The zero-order chi connectivity index (χ0) is 25.0. The first-order valence-corrected chi connectivity index (χ1v) is 13.3. The minimum atomic E-state index is -3.86. The number of aromatic nitrogens is 2. The van der Waals surface area contributed by atoms with E-state index >= 15 is 0 Å². The number of piperazine rings is 1. The van der Waals surface area contributed by atoms with Gasteiger partial charge in [0.05, 0.1) is 22.5 Å². The lowest BCUT2D eigenvalue weighted by atomic mass is 10.2. The van der Waals surface area contributed by atoms with Crippen molar-refractivity contribution in [3.8, 4) is 0 Å². The van der Waals surface area contributed by atoms with Crippen LogP contribution in [0.15, 0.2) is 53.4 Å². The lowest BCUT2D eigenvalue weighted by molar-refractivity contribution is -0.122. The van der Waals surface area contributed by atoms with Gasteiger partial charge in [-0.1, -0.05) is 44.2 Å². The summed E-state index contributed by atoms with van der Waals surface area (Å²) in [6.07, 6.45) is 0. The van der Waals surface area contributed by atoms with Gasteiger partial charge in [0.2, 0.25) is 5.91 Å². The summed E-state index contributed by atoms with van der Waals surface area (Å²) >= 11 is 0. The maximum absolute atomic E-state index is 13.2. The van der Waals surface area contributed by atoms with Crippen LogP contribution in [0.25, 0.3) is 11.0 Å². The van der Waals surface area contributed by atoms with Gasteiger partial charge >= 0.3 is 0 Å². The Balaban J connectivity index is 1.56. The predicted molar refractivity (Wildman–Crippen MR) is 138 cm³/mol. The highest BCUT2D eigenvalue weighted by Gasteiger charge is 2.26. The van der Waals surface area contributed by atoms with Crippen LogP contribution in [0.3, 0.4) is 0 Å². The molecule has 1 amide bonds. The van der Waals surface area contributed by atoms with Gasteiger partial charge in [-0.25, -0.2) is 18.4 Å². The summed E-state index contributed by atoms with van der Waals surface area (Å²) in [5, 5.41) is 2.95. The number of nitrogens with zero attached hydrogens (tertiary/aromatic N) is 4. The van der Waals surface area contributed by atoms with E-state index in [9.17, 15) is 13.2 Å². The average Bonchev–Trinajstić information content (AvgIpc) is 2.83. The average molecular weight is 497 g/mol. The third kappa shape index (κ3) is 6.07. The number of benzene rings is 2. The fourth-order valence-electron chi connectivity index (χ4n) is 4.01. The molecule has 0 saturated carbocycles. The van der Waals surface area contributed by atoms with Crippen molar-refractivity contribution in [2.24, 2.45) is 5.92 Å². The molecule has 1 aliphatic heterocycles. The summed E-state index contributed by atoms with van der Waals surface area (Å²) in [7, 11) is -3.86. The number of hydrogen-bond acceptors (Lipinski definition) is 7. The van der Waals surface area contributed by atoms with E-state index in [-0.39, 0.29) is 16.6 Å². The quantitative estimate of drug-likeness (QED) is 0.494. The Labute approximate surface area is 206 Å². The summed E-state index contributed by atoms with van der Waals surface area (Å²) in [5.41, 5.74) is 1.95. The first-order chi connectivity index (χ1) is 16.7. The smallest absolute Gasteiger partial charge is 0.263 e. The highest BCUT2D eigenvalue weighted by molar-refractivity contribution is 7.92. The van der Waals surface area contributed by atoms with Gasteiger partial charge in [-0.05, 0) is 36.6 Å². The fraction of sp³-hybridized carbons (Fsp3) is 0.400. The summed E-state index contributed by atoms with van der Waals surface area (Å²) in [4.78, 5) is 25.9. The van der Waals surface area contributed by atoms with Crippen LogP contribution in [-0.2, 0) is 14.8 Å². The number of carbonyl (C=O) groups is 1. The van der Waals surface area contributed by atoms with Crippen molar-refractivity contribution >= 4 is 38.6 Å². The number of sulfonamides is 1. The molecule has 186 valence electrons. The Kier molecular flexibility index (Phi) is 7.51. The number of amides is 1. The van der Waals surface area contributed by atoms with Gasteiger partial charge in [-0.2, -0.15) is 0 Å². The zero-order valence-electron chi connectivity index (χ0n) is 20.4. The molecule has 0 bridgehead atoms. The second kappa shape index (κ2) is 10.6. The van der Waals surface area contributed by atoms with E-state index in [1.807, 2.05) is 29.2 Å². The normalized spacial score (nSPS) is 14.9. The van der Waals surface area contributed by atoms with Crippen molar-refractivity contribution < 1.29 is 13.2 Å². The van der Waals surface area contributed by atoms with Crippen molar-refractivity contribution in [3.05, 3.63) is 54.1 Å². The van der Waals surface area contributed by atoms with Crippen LogP contribution in [0.5, 0.6) is 0 Å². The van der Waals surface area contributed by atoms with Crippen molar-refractivity contribution in [2.45, 2.75) is 25.7 Å². The zero-order valence-corrected chi connectivity index (χ0v) is 21.2. The minimum Gasteiger partial charge on any atom is -0.355 e. The maximum Gasteiger partial charge on any atom is 0.263 e. The Bertz CT molecular complexity index is 1300. The molecule has 0 unspecified atom stereocenters. The Morgan fingerprint density at radius 2 is 1.60 bits per heavy atom. The van der Waals surface area contributed by atoms with Gasteiger partial charge in [-0.15, -0.1) is 0 Å². The Hall–Kier alpha value is -3.24. The van der Waals surface area contributed by atoms with Gasteiger partial charge in [0.1, 0.15) is 0 Å². The van der Waals surface area contributed by atoms with Gasteiger partial charge < -0.3 is 10.2 Å². The second-order valence-electron chi connectivity index (χ2n) is 9.22. The molecule has 1 saturated heterocycles. The lowest BCUT2D eigenvalue weighted by Crippen LogP contribution is -2.50. The molecular formula is C25H32N6O3S. The Morgan fingerprint density at radius 1 is 0.971 bits per heavy atom. The van der Waals surface area contributed by atoms with Gasteiger partial charge in [0.15, 0.2) is 11.6 Å². The summed E-state index contributed by atoms with van der Waals surface area (Å²) in [5.74, 6) is 1.12. The fourth-order valence-corrected chi connectivity index (χ4v) is 5.27. The van der Waals surface area contributed by atoms with Gasteiger partial charge in [-0.3, -0.25) is 14.4 Å². The van der Waals surface area contributed by atoms with E-state index < -0.39 is 10.0 Å². The number of carbonyl (C=O) groups excluding carboxylic acids is 1. The highest BCUT2D eigenvalue weighted by Crippen LogP contribution is 2.28. The molecule has 1 fully saturated rings. The minimum absolute atomic E-state index is 0.0179. The topological polar surface area (TPSA) is 108 Å². The molecule has 35 heavy (non-hydrogen) atoms. The van der Waals surface area contributed by atoms with E-state index in [4.69, 9.17) is 4.98 Å². The van der Waals surface area contributed by atoms with Crippen LogP contribution in [0.2, 0.25) is 0 Å². The molecule has 0 atom stereocenters. The molecule has 9 nitrogen and oxygen atoms in total. The molecule has 0 radical (unpaired) electrons. The number of anilines is 2. The standard InChI is InChI=1S/C25H32N6O3S/c1-18(2)16-26-23(32)17-30-12-14-31(15-13-30)25-24(27-20-9-5-6-10-21(20)28-25)29-35(33,34)22-11-7-4-8-19(22)3/h4-11,18H,12-17H2,1-3H3,(H,26,32)(H,27,29). The maximum atomic E-state index is 13.2. The molecule has 2 aromatic carbocycles. The van der Waals surface area contributed by atoms with Crippen molar-refractivity contribution in [1.29, 1.82) is 0 Å². The summed E-state index contributed by atoms with van der Waals surface area (Å²) < 4.78 is 29.1. The number of rotatable bonds is 8. The molecule has 0 aliphatic carbocycles. The first-order valence-electron chi connectivity index (χ1n) is 11.8. The Morgan fingerprint density at radius 3 is 2.26 bits per heavy atom. The number of para-hydroxylation sites is 2. The number of aryl methyl sites for hydroxylation is 1. The number of fused-ring (bicyclic) bond motifs is 1. The highest BCUT2D eigenvalue weighted by atomic mass is 32.2. The largest absolute Gasteiger partial charge is 0.355 e. The molecule has 4 rings (SSSR count). The van der Waals surface area contributed by atoms with E-state index in [0.29, 0.717) is 67.6 Å². The van der Waals surface area contributed by atoms with E-state index in [2.05, 4.69) is 33.8 Å². The number of nitrogens with one attached hydrogen (secondary N) is 2. The van der Waals surface area contributed by atoms with Crippen LogP contribution in [-0.4, -0.2) is 68.5 Å². The lowest BCUT2D eigenvalue weighted by Gasteiger charge is -2.35. The molecule has 2 N–H and O–H groups in total. The van der Waals surface area contributed by atoms with Crippen molar-refractivity contribution in [3.63, 3.8) is 0 Å². The second-order valence-corrected chi connectivity index (χ2v) is 10.9. The molecule has 2 heterocycles. The molecule has 3 aromatic rings. The van der Waals surface area contributed by atoms with Crippen LogP contribution in [0.1, 0.15) is 19.4 Å². The third-order valence-corrected chi connectivity index (χ3v) is 7.41. The number of hydrogen-bond donors (Lipinski definition) is 2. The van der Waals surface area contributed by atoms with Gasteiger partial charge in [0, 0.05) is 32.7 Å². The first kappa shape index (κ1) is 24.9. The van der Waals surface area contributed by atoms with Crippen LogP contribution in [0, 0.1) is 12.8 Å². The van der Waals surface area contributed by atoms with E-state index in [1.165, 1.54) is 0 Å². The summed E-state index contributed by atoms with van der Waals surface area (Å²) in [6, 6.07) is 14.2. The third-order valence-electron chi connectivity index (χ3n) is 5.91. The van der Waals surface area contributed by atoms with Crippen LogP contribution in [0.4, 0.5) is 11.6 Å². The molecule has 1 aliphatic rings. The predicted octanol–water partition coefficient (Wildman–Crippen LogP) is 2.63. The molecule has 10 heteroatoms. The molecule has 0 spiro atoms. The van der Waals surface area contributed by atoms with E-state index in [1.54, 1.807) is 31.2 Å². The molecular weight excluding hydrogens is 464 g/mol. The van der Waals surface area contributed by atoms with Crippen LogP contribution >= 0.6 is 0 Å². The summed E-state index contributed by atoms with van der Waals surface area (Å²) in [6.45, 7) is 9.42.